The van der Waals surface area contributed by atoms with E-state index in [1.54, 1.807) is 24.4 Å². The maximum atomic E-state index is 11.6. The fraction of sp³-hybridized carbons (Fsp3) is 0. The number of nitrogens with two attached hydrogens (primary N) is 1. The largest absolute Gasteiger partial charge is 0.454 e. The molecule has 0 aliphatic carbocycles. The van der Waals surface area contributed by atoms with Gasteiger partial charge in [0.15, 0.2) is 0 Å². The minimum absolute atomic E-state index is 0.0835. The number of nitrogens with zero attached hydrogens (tertiary/aromatic N) is 1. The van der Waals surface area contributed by atoms with Crippen LogP contribution in [0.4, 0.5) is 0 Å². The first-order valence-corrected chi connectivity index (χ1v) is 8.21. The van der Waals surface area contributed by atoms with Crippen molar-refractivity contribution in [2.45, 2.75) is 4.90 Å². The first-order chi connectivity index (χ1) is 9.93. The Morgan fingerprint density at radius 3 is 2.81 bits per heavy atom. The van der Waals surface area contributed by atoms with E-state index in [2.05, 4.69) is 25.9 Å². The predicted octanol–water partition coefficient (Wildman–Crippen LogP) is 2.77. The molecule has 6 nitrogen and oxygen atoms in total. The highest BCUT2D eigenvalue weighted by molar-refractivity contribution is 9.10. The van der Waals surface area contributed by atoms with Gasteiger partial charge in [0.1, 0.15) is 22.0 Å². The van der Waals surface area contributed by atoms with Gasteiger partial charge in [0.05, 0.1) is 6.20 Å². The molecule has 3 rings (SSSR count). The van der Waals surface area contributed by atoms with E-state index in [1.165, 1.54) is 12.3 Å². The molecule has 0 saturated carbocycles. The van der Waals surface area contributed by atoms with Crippen molar-refractivity contribution < 1.29 is 13.2 Å². The third kappa shape index (κ3) is 2.92. The van der Waals surface area contributed by atoms with Crippen molar-refractivity contribution in [3.05, 3.63) is 47.2 Å². The van der Waals surface area contributed by atoms with Gasteiger partial charge in [-0.1, -0.05) is 15.9 Å². The molecular formula is C13H10BrN3O3S. The maximum Gasteiger partial charge on any atom is 0.241 e. The first-order valence-electron chi connectivity index (χ1n) is 5.87. The summed E-state index contributed by atoms with van der Waals surface area (Å²) in [4.78, 5) is 7.06. The number of rotatable bonds is 3. The molecule has 0 aliphatic heterocycles. The lowest BCUT2D eigenvalue weighted by Gasteiger charge is -2.10. The highest BCUT2D eigenvalue weighted by Crippen LogP contribution is 2.31. The van der Waals surface area contributed by atoms with Crippen LogP contribution < -0.4 is 9.88 Å². The fourth-order valence-corrected chi connectivity index (χ4v) is 2.88. The number of hydrogen-bond acceptors (Lipinski definition) is 4. The molecule has 0 radical (unpaired) electrons. The first kappa shape index (κ1) is 14.1. The number of halogens is 1. The van der Waals surface area contributed by atoms with Gasteiger partial charge in [-0.3, -0.25) is 0 Å². The zero-order chi connectivity index (χ0) is 15.0. The lowest BCUT2D eigenvalue weighted by Crippen LogP contribution is -2.13. The summed E-state index contributed by atoms with van der Waals surface area (Å²) in [6.45, 7) is 0. The quantitative estimate of drug-likeness (QED) is 0.743. The lowest BCUT2D eigenvalue weighted by atomic mass is 10.3. The summed E-state index contributed by atoms with van der Waals surface area (Å²) >= 11 is 3.27. The molecule has 3 aromatic rings. The average molecular weight is 368 g/mol. The van der Waals surface area contributed by atoms with Crippen molar-refractivity contribution in [2.75, 3.05) is 0 Å². The van der Waals surface area contributed by atoms with E-state index in [4.69, 9.17) is 9.88 Å². The number of fused-ring (bicyclic) bond motifs is 1. The number of benzene rings is 1. The van der Waals surface area contributed by atoms with E-state index in [9.17, 15) is 8.42 Å². The van der Waals surface area contributed by atoms with Gasteiger partial charge in [0, 0.05) is 16.1 Å². The Labute approximate surface area is 129 Å². The molecule has 0 unspecified atom stereocenters. The van der Waals surface area contributed by atoms with Crippen LogP contribution in [0.25, 0.3) is 11.0 Å². The van der Waals surface area contributed by atoms with Gasteiger partial charge < -0.3 is 9.72 Å². The molecular weight excluding hydrogens is 358 g/mol. The van der Waals surface area contributed by atoms with Gasteiger partial charge in [-0.25, -0.2) is 18.5 Å². The van der Waals surface area contributed by atoms with Crippen molar-refractivity contribution in [2.24, 2.45) is 5.14 Å². The van der Waals surface area contributed by atoms with E-state index in [0.717, 1.165) is 11.0 Å². The second kappa shape index (κ2) is 5.14. The summed E-state index contributed by atoms with van der Waals surface area (Å²) < 4.78 is 29.5. The third-order valence-electron chi connectivity index (χ3n) is 2.82. The Balaban J connectivity index is 2.06. The van der Waals surface area contributed by atoms with Gasteiger partial charge in [-0.05, 0) is 30.3 Å². The summed E-state index contributed by atoms with van der Waals surface area (Å²) in [5.74, 6) is 0.564. The molecule has 1 aromatic carbocycles. The zero-order valence-electron chi connectivity index (χ0n) is 10.6. The standard InChI is InChI=1S/C13H10BrN3O3S/c14-9-1-2-12(21(15,18)19)11(6-9)20-10-5-8-3-4-16-13(8)17-7-10/h1-7H,(H,16,17)(H2,15,18,19). The summed E-state index contributed by atoms with van der Waals surface area (Å²) in [5.41, 5.74) is 0.725. The van der Waals surface area contributed by atoms with Crippen molar-refractivity contribution in [3.8, 4) is 11.5 Å². The molecule has 0 fully saturated rings. The second-order valence-electron chi connectivity index (χ2n) is 4.32. The topological polar surface area (TPSA) is 98.1 Å². The van der Waals surface area contributed by atoms with Crippen molar-refractivity contribution in [3.63, 3.8) is 0 Å². The Kier molecular flexibility index (Phi) is 3.44. The number of nitrogens with one attached hydrogen (secondary N) is 1. The Bertz CT molecular complexity index is 921. The molecule has 2 heterocycles. The SMILES string of the molecule is NS(=O)(=O)c1ccc(Br)cc1Oc1cnc2[nH]ccc2c1. The third-order valence-corrected chi connectivity index (χ3v) is 4.26. The van der Waals surface area contributed by atoms with Crippen LogP contribution in [0.1, 0.15) is 0 Å². The number of ether oxygens (including phenoxy) is 1. The van der Waals surface area contributed by atoms with Crippen LogP contribution in [-0.2, 0) is 10.0 Å². The van der Waals surface area contributed by atoms with E-state index in [-0.39, 0.29) is 10.6 Å². The summed E-state index contributed by atoms with van der Waals surface area (Å²) in [5, 5.41) is 6.05. The van der Waals surface area contributed by atoms with Crippen LogP contribution in [-0.4, -0.2) is 18.4 Å². The van der Waals surface area contributed by atoms with Crippen molar-refractivity contribution in [1.29, 1.82) is 0 Å². The lowest BCUT2D eigenvalue weighted by molar-refractivity contribution is 0.466. The van der Waals surface area contributed by atoms with Gasteiger partial charge in [-0.15, -0.1) is 0 Å². The number of aromatic amines is 1. The van der Waals surface area contributed by atoms with Crippen LogP contribution in [0.5, 0.6) is 11.5 Å². The fourth-order valence-electron chi connectivity index (χ4n) is 1.90. The van der Waals surface area contributed by atoms with Gasteiger partial charge in [0.25, 0.3) is 0 Å². The molecule has 0 aliphatic rings. The molecule has 0 atom stereocenters. The smallest absolute Gasteiger partial charge is 0.241 e. The Morgan fingerprint density at radius 1 is 1.24 bits per heavy atom. The van der Waals surface area contributed by atoms with Crippen LogP contribution in [0.2, 0.25) is 0 Å². The summed E-state index contributed by atoms with van der Waals surface area (Å²) in [6.07, 6.45) is 3.27. The van der Waals surface area contributed by atoms with Crippen LogP contribution in [0.3, 0.4) is 0 Å². The van der Waals surface area contributed by atoms with Gasteiger partial charge in [0.2, 0.25) is 10.0 Å². The highest BCUT2D eigenvalue weighted by atomic mass is 79.9. The zero-order valence-corrected chi connectivity index (χ0v) is 13.0. The second-order valence-corrected chi connectivity index (χ2v) is 6.77. The molecule has 8 heteroatoms. The molecule has 0 saturated heterocycles. The number of pyridine rings is 1. The highest BCUT2D eigenvalue weighted by Gasteiger charge is 2.16. The number of H-pyrrole nitrogens is 1. The van der Waals surface area contributed by atoms with Gasteiger partial charge in [-0.2, -0.15) is 0 Å². The Morgan fingerprint density at radius 2 is 2.05 bits per heavy atom. The van der Waals surface area contributed by atoms with Crippen molar-refractivity contribution >= 4 is 37.0 Å². The van der Waals surface area contributed by atoms with E-state index >= 15 is 0 Å². The van der Waals surface area contributed by atoms with E-state index in [1.807, 2.05) is 6.07 Å². The minimum Gasteiger partial charge on any atom is -0.454 e. The van der Waals surface area contributed by atoms with Crippen molar-refractivity contribution in [1.82, 2.24) is 9.97 Å². The number of hydrogen-bond donors (Lipinski definition) is 2. The Hall–Kier alpha value is -1.90. The molecule has 0 spiro atoms. The average Bonchev–Trinajstić information content (AvgIpc) is 2.84. The molecule has 108 valence electrons. The maximum absolute atomic E-state index is 11.6. The summed E-state index contributed by atoms with van der Waals surface area (Å²) in [7, 11) is -3.87. The van der Waals surface area contributed by atoms with E-state index in [0.29, 0.717) is 10.2 Å². The molecule has 2 aromatic heterocycles. The number of sulfonamides is 1. The molecule has 21 heavy (non-hydrogen) atoms. The van der Waals surface area contributed by atoms with Crippen LogP contribution >= 0.6 is 15.9 Å². The number of aromatic nitrogens is 2. The molecule has 3 N–H and O–H groups in total. The van der Waals surface area contributed by atoms with Crippen LogP contribution in [0.15, 0.2) is 52.1 Å². The molecule has 0 amide bonds. The minimum atomic E-state index is -3.87. The number of primary sulfonamides is 1. The molecule has 0 bridgehead atoms. The normalized spacial score (nSPS) is 11.7. The summed E-state index contributed by atoms with van der Waals surface area (Å²) in [6, 6.07) is 8.11. The van der Waals surface area contributed by atoms with Crippen LogP contribution in [0, 0.1) is 0 Å². The van der Waals surface area contributed by atoms with Gasteiger partial charge >= 0.3 is 0 Å². The van der Waals surface area contributed by atoms with E-state index < -0.39 is 10.0 Å². The monoisotopic (exact) mass is 367 g/mol. The predicted molar refractivity (Wildman–Crippen MR) is 81.7 cm³/mol.